The van der Waals surface area contributed by atoms with Crippen LogP contribution >= 0.6 is 11.6 Å². The zero-order valence-corrected chi connectivity index (χ0v) is 11.8. The Labute approximate surface area is 116 Å². The van der Waals surface area contributed by atoms with Crippen LogP contribution in [0.4, 0.5) is 8.78 Å². The Bertz CT molecular complexity index is 584. The van der Waals surface area contributed by atoms with Gasteiger partial charge in [0.1, 0.15) is 23.2 Å². The van der Waals surface area contributed by atoms with Crippen molar-refractivity contribution < 1.29 is 13.2 Å². The molecule has 0 saturated carbocycles. The normalized spacial score (nSPS) is 12.7. The summed E-state index contributed by atoms with van der Waals surface area (Å²) in [4.78, 5) is 0. The van der Waals surface area contributed by atoms with Crippen molar-refractivity contribution in [3.8, 4) is 0 Å². The zero-order chi connectivity index (χ0) is 14.2. The second kappa shape index (κ2) is 5.33. The first-order valence-electron chi connectivity index (χ1n) is 6.05. The second-order valence-electron chi connectivity index (χ2n) is 4.62. The van der Waals surface area contributed by atoms with Crippen LogP contribution in [0.2, 0.25) is 0 Å². The van der Waals surface area contributed by atoms with Crippen LogP contribution in [0.1, 0.15) is 33.6 Å². The highest BCUT2D eigenvalue weighted by molar-refractivity contribution is 6.21. The lowest BCUT2D eigenvalue weighted by Gasteiger charge is -2.11. The van der Waals surface area contributed by atoms with Crippen LogP contribution in [0.5, 0.6) is 0 Å². The third-order valence-electron chi connectivity index (χ3n) is 3.38. The Morgan fingerprint density at radius 1 is 1.11 bits per heavy atom. The van der Waals surface area contributed by atoms with Gasteiger partial charge in [0.15, 0.2) is 0 Å². The molecule has 102 valence electrons. The third kappa shape index (κ3) is 2.66. The van der Waals surface area contributed by atoms with Crippen LogP contribution in [-0.4, -0.2) is 0 Å². The van der Waals surface area contributed by atoms with E-state index in [4.69, 9.17) is 16.0 Å². The van der Waals surface area contributed by atoms with Crippen LogP contribution in [0.15, 0.2) is 22.6 Å². The summed E-state index contributed by atoms with van der Waals surface area (Å²) in [5.74, 6) is 0.348. The van der Waals surface area contributed by atoms with Gasteiger partial charge in [-0.1, -0.05) is 6.07 Å². The second-order valence-corrected chi connectivity index (χ2v) is 5.15. The van der Waals surface area contributed by atoms with E-state index in [0.29, 0.717) is 5.76 Å². The summed E-state index contributed by atoms with van der Waals surface area (Å²) in [5.41, 5.74) is 1.77. The molecule has 1 aromatic carbocycles. The van der Waals surface area contributed by atoms with E-state index in [-0.39, 0.29) is 12.0 Å². The summed E-state index contributed by atoms with van der Waals surface area (Å²) in [5, 5.41) is -0.510. The minimum atomic E-state index is -0.568. The average molecular weight is 285 g/mol. The number of aryl methyl sites for hydroxylation is 2. The van der Waals surface area contributed by atoms with Crippen molar-refractivity contribution in [3.63, 3.8) is 0 Å². The summed E-state index contributed by atoms with van der Waals surface area (Å²) in [6.45, 7) is 5.55. The van der Waals surface area contributed by atoms with E-state index in [9.17, 15) is 8.78 Å². The molecular formula is C15H15ClF2O. The van der Waals surface area contributed by atoms with Crippen molar-refractivity contribution in [3.05, 3.63) is 58.0 Å². The molecule has 0 amide bonds. The average Bonchev–Trinajstić information content (AvgIpc) is 2.58. The number of hydrogen-bond acceptors (Lipinski definition) is 1. The van der Waals surface area contributed by atoms with Crippen LogP contribution in [0.25, 0.3) is 0 Å². The molecule has 2 rings (SSSR count). The van der Waals surface area contributed by atoms with Crippen LogP contribution in [0.3, 0.4) is 0 Å². The van der Waals surface area contributed by atoms with E-state index in [1.807, 2.05) is 20.8 Å². The first-order chi connectivity index (χ1) is 8.91. The highest BCUT2D eigenvalue weighted by Crippen LogP contribution is 2.34. The smallest absolute Gasteiger partial charge is 0.129 e. The van der Waals surface area contributed by atoms with Crippen molar-refractivity contribution >= 4 is 11.6 Å². The standard InChI is InChI=1S/C15H15ClF2O/c1-8-9(2)19-10(3)15(8)12(16)7-11-13(17)5-4-6-14(11)18/h4-6,12H,7H2,1-3H3. The van der Waals surface area contributed by atoms with Gasteiger partial charge in [0.05, 0.1) is 5.38 Å². The third-order valence-corrected chi connectivity index (χ3v) is 3.75. The van der Waals surface area contributed by atoms with Gasteiger partial charge >= 0.3 is 0 Å². The number of halogens is 3. The van der Waals surface area contributed by atoms with E-state index in [1.54, 1.807) is 0 Å². The summed E-state index contributed by atoms with van der Waals surface area (Å²) in [7, 11) is 0. The molecule has 2 aromatic rings. The minimum Gasteiger partial charge on any atom is -0.466 e. The summed E-state index contributed by atoms with van der Waals surface area (Å²) in [6.07, 6.45) is 0.0979. The molecule has 1 aromatic heterocycles. The molecule has 1 heterocycles. The quantitative estimate of drug-likeness (QED) is 0.723. The number of benzene rings is 1. The Hall–Kier alpha value is -1.35. The van der Waals surface area contributed by atoms with E-state index in [1.165, 1.54) is 18.2 Å². The Kier molecular flexibility index (Phi) is 3.95. The lowest BCUT2D eigenvalue weighted by Crippen LogP contribution is -2.03. The van der Waals surface area contributed by atoms with E-state index in [0.717, 1.165) is 16.9 Å². The summed E-state index contributed by atoms with van der Waals surface area (Å²) < 4.78 is 32.7. The lowest BCUT2D eigenvalue weighted by atomic mass is 10.00. The largest absolute Gasteiger partial charge is 0.466 e. The molecule has 0 radical (unpaired) electrons. The first-order valence-corrected chi connectivity index (χ1v) is 6.49. The topological polar surface area (TPSA) is 13.1 Å². The molecule has 4 heteroatoms. The minimum absolute atomic E-state index is 0.0140. The Morgan fingerprint density at radius 2 is 1.68 bits per heavy atom. The van der Waals surface area contributed by atoms with Gasteiger partial charge < -0.3 is 4.42 Å². The molecule has 0 aliphatic heterocycles. The van der Waals surface area contributed by atoms with Gasteiger partial charge in [-0.3, -0.25) is 0 Å². The molecule has 1 nitrogen and oxygen atoms in total. The van der Waals surface area contributed by atoms with Gasteiger partial charge in [-0.2, -0.15) is 0 Å². The summed E-state index contributed by atoms with van der Waals surface area (Å²) in [6, 6.07) is 3.82. The molecule has 1 unspecified atom stereocenters. The molecule has 0 bridgehead atoms. The van der Waals surface area contributed by atoms with Crippen LogP contribution in [-0.2, 0) is 6.42 Å². The SMILES string of the molecule is Cc1oc(C)c(C(Cl)Cc2c(F)cccc2F)c1C. The van der Waals surface area contributed by atoms with E-state index < -0.39 is 17.0 Å². The first kappa shape index (κ1) is 14.1. The maximum Gasteiger partial charge on any atom is 0.129 e. The lowest BCUT2D eigenvalue weighted by molar-refractivity contribution is 0.498. The van der Waals surface area contributed by atoms with Gasteiger partial charge in [-0.25, -0.2) is 8.78 Å². The maximum atomic E-state index is 13.6. The molecule has 0 aliphatic rings. The van der Waals surface area contributed by atoms with Crippen molar-refractivity contribution in [2.75, 3.05) is 0 Å². The van der Waals surface area contributed by atoms with E-state index in [2.05, 4.69) is 0 Å². The maximum absolute atomic E-state index is 13.6. The van der Waals surface area contributed by atoms with Gasteiger partial charge in [-0.15, -0.1) is 11.6 Å². The fraction of sp³-hybridized carbons (Fsp3) is 0.333. The monoisotopic (exact) mass is 284 g/mol. The Balaban J connectivity index is 2.33. The van der Waals surface area contributed by atoms with Gasteiger partial charge in [-0.05, 0) is 44.9 Å². The van der Waals surface area contributed by atoms with Crippen molar-refractivity contribution in [2.45, 2.75) is 32.6 Å². The molecule has 0 fully saturated rings. The highest BCUT2D eigenvalue weighted by Gasteiger charge is 2.22. The molecule has 0 aliphatic carbocycles. The van der Waals surface area contributed by atoms with Crippen LogP contribution < -0.4 is 0 Å². The fourth-order valence-corrected chi connectivity index (χ4v) is 2.75. The number of alkyl halides is 1. The number of rotatable bonds is 3. The van der Waals surface area contributed by atoms with Crippen molar-refractivity contribution in [1.82, 2.24) is 0 Å². The highest BCUT2D eigenvalue weighted by atomic mass is 35.5. The predicted octanol–water partition coefficient (Wildman–Crippen LogP) is 5.01. The van der Waals surface area contributed by atoms with Gasteiger partial charge in [0.25, 0.3) is 0 Å². The fourth-order valence-electron chi connectivity index (χ4n) is 2.28. The molecule has 0 spiro atoms. The van der Waals surface area contributed by atoms with Gasteiger partial charge in [0.2, 0.25) is 0 Å². The van der Waals surface area contributed by atoms with Gasteiger partial charge in [0, 0.05) is 11.1 Å². The van der Waals surface area contributed by atoms with Crippen molar-refractivity contribution in [2.24, 2.45) is 0 Å². The molecule has 19 heavy (non-hydrogen) atoms. The Morgan fingerprint density at radius 3 is 2.16 bits per heavy atom. The molecular weight excluding hydrogens is 270 g/mol. The molecule has 0 N–H and O–H groups in total. The van der Waals surface area contributed by atoms with Crippen LogP contribution in [0, 0.1) is 32.4 Å². The summed E-state index contributed by atoms with van der Waals surface area (Å²) >= 11 is 6.32. The number of furan rings is 1. The van der Waals surface area contributed by atoms with E-state index >= 15 is 0 Å². The van der Waals surface area contributed by atoms with Crippen molar-refractivity contribution in [1.29, 1.82) is 0 Å². The predicted molar refractivity (Wildman–Crippen MR) is 71.6 cm³/mol. The molecule has 0 saturated heterocycles. The zero-order valence-electron chi connectivity index (χ0n) is 11.1. The number of hydrogen-bond donors (Lipinski definition) is 0. The molecule has 1 atom stereocenters.